The molecule has 2 amide bonds. The molecule has 1 aromatic heterocycles. The number of hydrogen-bond acceptors (Lipinski definition) is 4. The molecule has 1 unspecified atom stereocenters. The summed E-state index contributed by atoms with van der Waals surface area (Å²) in [7, 11) is 0. The molecule has 2 rings (SSSR count). The Morgan fingerprint density at radius 2 is 1.95 bits per heavy atom. The van der Waals surface area contributed by atoms with E-state index >= 15 is 0 Å². The Labute approximate surface area is 129 Å². The highest BCUT2D eigenvalue weighted by Crippen LogP contribution is 2.15. The van der Waals surface area contributed by atoms with Crippen molar-refractivity contribution in [1.29, 1.82) is 0 Å². The van der Waals surface area contributed by atoms with E-state index in [1.165, 1.54) is 11.3 Å². The van der Waals surface area contributed by atoms with Gasteiger partial charge in [0, 0.05) is 32.6 Å². The Hall–Kier alpha value is -1.40. The van der Waals surface area contributed by atoms with Crippen molar-refractivity contribution in [3.63, 3.8) is 0 Å². The van der Waals surface area contributed by atoms with Crippen molar-refractivity contribution < 1.29 is 9.59 Å². The van der Waals surface area contributed by atoms with Crippen LogP contribution in [0.5, 0.6) is 0 Å². The Morgan fingerprint density at radius 1 is 1.29 bits per heavy atom. The second-order valence-electron chi connectivity index (χ2n) is 5.36. The van der Waals surface area contributed by atoms with Crippen LogP contribution in [0.25, 0.3) is 0 Å². The lowest BCUT2D eigenvalue weighted by Gasteiger charge is -2.35. The van der Waals surface area contributed by atoms with Gasteiger partial charge in [0.25, 0.3) is 5.91 Å². The fourth-order valence-corrected chi connectivity index (χ4v) is 3.18. The largest absolute Gasteiger partial charge is 0.339 e. The van der Waals surface area contributed by atoms with Crippen molar-refractivity contribution in [3.8, 4) is 0 Å². The van der Waals surface area contributed by atoms with Crippen LogP contribution in [-0.4, -0.2) is 54.3 Å². The van der Waals surface area contributed by atoms with Gasteiger partial charge in [-0.05, 0) is 23.9 Å². The number of carbonyl (C=O) groups is 2. The summed E-state index contributed by atoms with van der Waals surface area (Å²) in [6.45, 7) is 5.08. The molecule has 6 heteroatoms. The molecule has 1 saturated heterocycles. The Kier molecular flexibility index (Phi) is 5.76. The smallest absolute Gasteiger partial charge is 0.264 e. The summed E-state index contributed by atoms with van der Waals surface area (Å²) in [5.74, 6) is 0.504. The standard InChI is InChI=1S/C15H23N3O2S/c1-2-12(11-16)10-14(19)17-5-7-18(8-6-17)15(20)13-4-3-9-21-13/h3-4,9,12H,2,5-8,10-11,16H2,1H3. The van der Waals surface area contributed by atoms with Crippen LogP contribution in [0.4, 0.5) is 0 Å². The Morgan fingerprint density at radius 3 is 2.48 bits per heavy atom. The van der Waals surface area contributed by atoms with Crippen LogP contribution in [0.2, 0.25) is 0 Å². The number of nitrogens with zero attached hydrogens (tertiary/aromatic N) is 2. The monoisotopic (exact) mass is 309 g/mol. The van der Waals surface area contributed by atoms with E-state index in [0.717, 1.165) is 11.3 Å². The van der Waals surface area contributed by atoms with Gasteiger partial charge in [-0.2, -0.15) is 0 Å². The molecule has 0 radical (unpaired) electrons. The van der Waals surface area contributed by atoms with E-state index in [-0.39, 0.29) is 17.7 Å². The number of amides is 2. The highest BCUT2D eigenvalue weighted by Gasteiger charge is 2.26. The first kappa shape index (κ1) is 16.0. The fraction of sp³-hybridized carbons (Fsp3) is 0.600. The zero-order valence-electron chi connectivity index (χ0n) is 12.5. The number of hydrogen-bond donors (Lipinski definition) is 1. The SMILES string of the molecule is CCC(CN)CC(=O)N1CCN(C(=O)c2cccs2)CC1. The van der Waals surface area contributed by atoms with Crippen molar-refractivity contribution in [3.05, 3.63) is 22.4 Å². The molecule has 2 N–H and O–H groups in total. The van der Waals surface area contributed by atoms with Crippen LogP contribution >= 0.6 is 11.3 Å². The topological polar surface area (TPSA) is 66.6 Å². The van der Waals surface area contributed by atoms with Crippen LogP contribution in [-0.2, 0) is 4.79 Å². The normalized spacial score (nSPS) is 16.9. The third kappa shape index (κ3) is 4.04. The Bertz CT molecular complexity index is 463. The summed E-state index contributed by atoms with van der Waals surface area (Å²) < 4.78 is 0. The number of rotatable bonds is 5. The molecule has 0 bridgehead atoms. The van der Waals surface area contributed by atoms with E-state index in [9.17, 15) is 9.59 Å². The molecule has 0 spiro atoms. The van der Waals surface area contributed by atoms with Gasteiger partial charge in [0.2, 0.25) is 5.91 Å². The molecule has 1 aromatic rings. The molecular weight excluding hydrogens is 286 g/mol. The molecule has 1 aliphatic rings. The van der Waals surface area contributed by atoms with Crippen molar-refractivity contribution in [2.24, 2.45) is 11.7 Å². The maximum atomic E-state index is 12.2. The first-order valence-corrected chi connectivity index (χ1v) is 8.34. The van der Waals surface area contributed by atoms with Gasteiger partial charge in [0.1, 0.15) is 0 Å². The molecule has 0 saturated carbocycles. The highest BCUT2D eigenvalue weighted by molar-refractivity contribution is 7.12. The molecule has 0 aromatic carbocycles. The van der Waals surface area contributed by atoms with Crippen LogP contribution < -0.4 is 5.73 Å². The van der Waals surface area contributed by atoms with Gasteiger partial charge in [-0.25, -0.2) is 0 Å². The minimum Gasteiger partial charge on any atom is -0.339 e. The third-order valence-corrected chi connectivity index (χ3v) is 4.88. The van der Waals surface area contributed by atoms with Gasteiger partial charge in [0.15, 0.2) is 0 Å². The van der Waals surface area contributed by atoms with E-state index in [2.05, 4.69) is 6.92 Å². The predicted octanol–water partition coefficient (Wildman–Crippen LogP) is 1.41. The summed E-state index contributed by atoms with van der Waals surface area (Å²) in [6.07, 6.45) is 1.45. The summed E-state index contributed by atoms with van der Waals surface area (Å²) in [5, 5.41) is 1.91. The van der Waals surface area contributed by atoms with Gasteiger partial charge in [-0.3, -0.25) is 9.59 Å². The summed E-state index contributed by atoms with van der Waals surface area (Å²) in [5.41, 5.74) is 5.65. The number of carbonyl (C=O) groups excluding carboxylic acids is 2. The van der Waals surface area contributed by atoms with Gasteiger partial charge in [0.05, 0.1) is 4.88 Å². The molecule has 2 heterocycles. The minimum atomic E-state index is 0.0745. The van der Waals surface area contributed by atoms with E-state index in [0.29, 0.717) is 39.1 Å². The first-order valence-electron chi connectivity index (χ1n) is 7.46. The second-order valence-corrected chi connectivity index (χ2v) is 6.31. The zero-order chi connectivity index (χ0) is 15.2. The van der Waals surface area contributed by atoms with E-state index in [4.69, 9.17) is 5.73 Å². The van der Waals surface area contributed by atoms with Crippen LogP contribution in [0.1, 0.15) is 29.4 Å². The molecule has 116 valence electrons. The minimum absolute atomic E-state index is 0.0745. The highest BCUT2D eigenvalue weighted by atomic mass is 32.1. The van der Waals surface area contributed by atoms with Crippen LogP contribution in [0, 0.1) is 5.92 Å². The van der Waals surface area contributed by atoms with E-state index < -0.39 is 0 Å². The second kappa shape index (κ2) is 7.56. The molecule has 0 aliphatic carbocycles. The van der Waals surface area contributed by atoms with Gasteiger partial charge in [-0.1, -0.05) is 19.4 Å². The molecule has 5 nitrogen and oxygen atoms in total. The lowest BCUT2D eigenvalue weighted by Crippen LogP contribution is -2.50. The summed E-state index contributed by atoms with van der Waals surface area (Å²) >= 11 is 1.46. The van der Waals surface area contributed by atoms with Crippen LogP contribution in [0.3, 0.4) is 0 Å². The average molecular weight is 309 g/mol. The lowest BCUT2D eigenvalue weighted by molar-refractivity contribution is -0.133. The number of nitrogens with two attached hydrogens (primary N) is 1. The van der Waals surface area contributed by atoms with Gasteiger partial charge < -0.3 is 15.5 Å². The van der Waals surface area contributed by atoms with Crippen molar-refractivity contribution in [2.45, 2.75) is 19.8 Å². The Balaban J connectivity index is 1.83. The number of piperazine rings is 1. The summed E-state index contributed by atoms with van der Waals surface area (Å²) in [6, 6.07) is 3.73. The molecular formula is C15H23N3O2S. The maximum absolute atomic E-state index is 12.2. The van der Waals surface area contributed by atoms with Gasteiger partial charge in [-0.15, -0.1) is 11.3 Å². The van der Waals surface area contributed by atoms with Gasteiger partial charge >= 0.3 is 0 Å². The van der Waals surface area contributed by atoms with E-state index in [1.807, 2.05) is 27.3 Å². The molecule has 21 heavy (non-hydrogen) atoms. The van der Waals surface area contributed by atoms with E-state index in [1.54, 1.807) is 0 Å². The van der Waals surface area contributed by atoms with Crippen molar-refractivity contribution in [2.75, 3.05) is 32.7 Å². The third-order valence-electron chi connectivity index (χ3n) is 4.03. The molecule has 1 aliphatic heterocycles. The van der Waals surface area contributed by atoms with Crippen molar-refractivity contribution >= 4 is 23.2 Å². The van der Waals surface area contributed by atoms with Crippen molar-refractivity contribution in [1.82, 2.24) is 9.80 Å². The zero-order valence-corrected chi connectivity index (χ0v) is 13.3. The first-order chi connectivity index (χ1) is 10.2. The van der Waals surface area contributed by atoms with Crippen LogP contribution in [0.15, 0.2) is 17.5 Å². The number of thiophene rings is 1. The maximum Gasteiger partial charge on any atom is 0.264 e. The lowest BCUT2D eigenvalue weighted by atomic mass is 10.0. The fourth-order valence-electron chi connectivity index (χ4n) is 2.49. The molecule has 1 fully saturated rings. The predicted molar refractivity (Wildman–Crippen MR) is 84.3 cm³/mol. The average Bonchev–Trinajstić information content (AvgIpc) is 3.06. The molecule has 1 atom stereocenters. The quantitative estimate of drug-likeness (QED) is 0.894. The summed E-state index contributed by atoms with van der Waals surface area (Å²) in [4.78, 5) is 28.9.